The lowest BCUT2D eigenvalue weighted by Gasteiger charge is -2.12. The summed E-state index contributed by atoms with van der Waals surface area (Å²) in [6.45, 7) is 2.50. The number of pyridine rings is 3. The topological polar surface area (TPSA) is 97.2 Å². The zero-order valence-corrected chi connectivity index (χ0v) is 25.7. The first-order valence-corrected chi connectivity index (χ1v) is 18.6. The molecule has 8 nitrogen and oxygen atoms in total. The van der Waals surface area contributed by atoms with Crippen LogP contribution in [-0.2, 0) is 6.54 Å². The number of fused-ring (bicyclic) bond motifs is 2. The van der Waals surface area contributed by atoms with Crippen molar-refractivity contribution in [2.24, 2.45) is 0 Å². The van der Waals surface area contributed by atoms with Crippen LogP contribution >= 0.6 is 37.8 Å². The van der Waals surface area contributed by atoms with Crippen LogP contribution in [0, 0.1) is 12.7 Å². The smallest absolute Gasteiger partial charge is 0.159 e. The summed E-state index contributed by atoms with van der Waals surface area (Å²) in [6, 6.07) is 10.8. The van der Waals surface area contributed by atoms with Gasteiger partial charge in [0.2, 0.25) is 0 Å². The highest BCUT2D eigenvalue weighted by atomic mass is 127. The number of aryl methyl sites for hydroxylation is 1. The average Bonchev–Trinajstić information content (AvgIpc) is 3.52. The summed E-state index contributed by atoms with van der Waals surface area (Å²) in [5, 5.41) is 5.81. The monoisotopic (exact) mass is 682 g/mol. The van der Waals surface area contributed by atoms with Crippen molar-refractivity contribution in [3.63, 3.8) is 0 Å². The van der Waals surface area contributed by atoms with Crippen molar-refractivity contribution in [3.8, 4) is 34.0 Å². The minimum Gasteiger partial charge on any atom is -0.336 e. The molecule has 0 amide bonds. The Morgan fingerprint density at radius 2 is 1.95 bits per heavy atom. The number of imidazole rings is 1. The number of benzene rings is 1. The lowest BCUT2D eigenvalue weighted by Crippen LogP contribution is -2.08. The molecule has 0 fully saturated rings. The molecule has 40 heavy (non-hydrogen) atoms. The molecule has 0 aliphatic rings. The lowest BCUT2D eigenvalue weighted by molar-refractivity contribution is 0.625. The number of halogens is 2. The van der Waals surface area contributed by atoms with Crippen LogP contribution in [0.4, 0.5) is 4.39 Å². The molecule has 0 saturated carbocycles. The molecular formula is C28H25FIN8PS. The first kappa shape index (κ1) is 26.9. The Kier molecular flexibility index (Phi) is 7.16. The summed E-state index contributed by atoms with van der Waals surface area (Å²) < 4.78 is 19.9. The van der Waals surface area contributed by atoms with Crippen molar-refractivity contribution in [3.05, 3.63) is 78.1 Å². The molecule has 1 atom stereocenters. The number of nitrogens with zero attached hydrogens (tertiary/aromatic N) is 6. The van der Waals surface area contributed by atoms with Crippen molar-refractivity contribution in [1.82, 2.24) is 39.2 Å². The Hall–Kier alpha value is -3.25. The standard InChI is InChI=1S/C28H25FIN8PS/c1-16-5-7-31-14-21(16)23-12-20-24(15-33-23)38(39-30)37-26(20)28-35-22-6-8-32-25(27(22)36-28)18-9-17(10-19(29)11-18)13-34-40(2,3)4/h5-12,14-15,34,39H,2-3,13H2,1,4H3,(H,35,36). The Balaban J connectivity index is 1.48. The quantitative estimate of drug-likeness (QED) is 0.111. The zero-order valence-electron chi connectivity index (χ0n) is 21.7. The summed E-state index contributed by atoms with van der Waals surface area (Å²) in [4.78, 5) is 21.9. The Morgan fingerprint density at radius 1 is 1.10 bits per heavy atom. The minimum atomic E-state index is -1.44. The van der Waals surface area contributed by atoms with E-state index in [0.29, 0.717) is 41.2 Å². The Labute approximate surface area is 245 Å². The third-order valence-corrected chi connectivity index (χ3v) is 9.16. The summed E-state index contributed by atoms with van der Waals surface area (Å²) in [5.41, 5.74) is 7.95. The van der Waals surface area contributed by atoms with Gasteiger partial charge in [-0.25, -0.2) is 13.8 Å². The zero-order chi connectivity index (χ0) is 28.0. The predicted molar refractivity (Wildman–Crippen MR) is 176 cm³/mol. The maximum absolute atomic E-state index is 14.7. The number of aromatic amines is 1. The number of H-pyrrole nitrogens is 1. The van der Waals surface area contributed by atoms with Crippen molar-refractivity contribution >= 4 is 71.5 Å². The van der Waals surface area contributed by atoms with Crippen LogP contribution in [0.3, 0.4) is 0 Å². The Bertz CT molecular complexity index is 2020. The molecular weight excluding hydrogens is 657 g/mol. The van der Waals surface area contributed by atoms with Crippen LogP contribution in [0.1, 0.15) is 11.1 Å². The van der Waals surface area contributed by atoms with Gasteiger partial charge in [0.15, 0.2) is 5.82 Å². The van der Waals surface area contributed by atoms with E-state index >= 15 is 0 Å². The molecule has 6 rings (SSSR count). The van der Waals surface area contributed by atoms with Crippen LogP contribution in [0.25, 0.3) is 56.0 Å². The number of hydrogen-bond acceptors (Lipinski definition) is 6. The van der Waals surface area contributed by atoms with Gasteiger partial charge in [-0.3, -0.25) is 19.7 Å². The summed E-state index contributed by atoms with van der Waals surface area (Å²) in [6.07, 6.45) is 9.47. The normalized spacial score (nSPS) is 12.3. The summed E-state index contributed by atoms with van der Waals surface area (Å²) >= 11 is 2.31. The molecule has 202 valence electrons. The van der Waals surface area contributed by atoms with Gasteiger partial charge in [-0.2, -0.15) is 14.5 Å². The van der Waals surface area contributed by atoms with Crippen molar-refractivity contribution in [2.75, 3.05) is 6.26 Å². The fourth-order valence-electron chi connectivity index (χ4n) is 4.54. The van der Waals surface area contributed by atoms with Crippen LogP contribution in [0.5, 0.6) is 0 Å². The second-order valence-electron chi connectivity index (χ2n) is 9.71. The van der Waals surface area contributed by atoms with Crippen molar-refractivity contribution in [1.29, 1.82) is 0 Å². The molecule has 12 heteroatoms. The first-order chi connectivity index (χ1) is 19.2. The van der Waals surface area contributed by atoms with Gasteiger partial charge in [-0.15, -0.1) is 0 Å². The van der Waals surface area contributed by atoms with E-state index in [2.05, 4.69) is 53.5 Å². The van der Waals surface area contributed by atoms with Crippen LogP contribution in [0.2, 0.25) is 0 Å². The van der Waals surface area contributed by atoms with Gasteiger partial charge in [0.1, 0.15) is 17.0 Å². The van der Waals surface area contributed by atoms with Crippen LogP contribution in [-0.4, -0.2) is 52.5 Å². The highest BCUT2D eigenvalue weighted by molar-refractivity contribution is 14.2. The molecule has 1 aromatic carbocycles. The molecule has 0 saturated heterocycles. The van der Waals surface area contributed by atoms with E-state index in [-0.39, 0.29) is 5.82 Å². The van der Waals surface area contributed by atoms with Crippen molar-refractivity contribution in [2.45, 2.75) is 13.5 Å². The molecule has 6 aromatic rings. The van der Waals surface area contributed by atoms with Crippen LogP contribution in [0.15, 0.2) is 61.2 Å². The van der Waals surface area contributed by atoms with E-state index in [1.807, 2.05) is 54.3 Å². The minimum absolute atomic E-state index is 0.341. The average molecular weight is 683 g/mol. The molecule has 5 heterocycles. The predicted octanol–water partition coefficient (Wildman–Crippen LogP) is 6.64. The summed E-state index contributed by atoms with van der Waals surface area (Å²) in [7, 11) is -1.44. The van der Waals surface area contributed by atoms with E-state index in [0.717, 1.165) is 38.8 Å². The Morgan fingerprint density at radius 3 is 2.73 bits per heavy atom. The van der Waals surface area contributed by atoms with Gasteiger partial charge in [0.05, 0.1) is 35.0 Å². The molecule has 0 bridgehead atoms. The second kappa shape index (κ2) is 10.6. The highest BCUT2D eigenvalue weighted by Crippen LogP contribution is 2.37. The molecule has 0 aliphatic carbocycles. The fourth-order valence-corrected chi connectivity index (χ4v) is 6.56. The summed E-state index contributed by atoms with van der Waals surface area (Å²) in [5.74, 6) is 8.35. The third kappa shape index (κ3) is 5.26. The van der Waals surface area contributed by atoms with E-state index in [4.69, 9.17) is 15.1 Å². The van der Waals surface area contributed by atoms with Gasteiger partial charge in [-0.05, 0) is 82.7 Å². The van der Waals surface area contributed by atoms with Gasteiger partial charge in [-0.1, -0.05) is 11.7 Å². The number of hydrogen-bond donors (Lipinski definition) is 2. The largest absolute Gasteiger partial charge is 0.336 e. The third-order valence-electron chi connectivity index (χ3n) is 6.44. The first-order valence-electron chi connectivity index (χ1n) is 12.2. The molecule has 0 spiro atoms. The van der Waals surface area contributed by atoms with E-state index in [1.54, 1.807) is 12.4 Å². The molecule has 5 aromatic heterocycles. The number of aromatic nitrogens is 7. The van der Waals surface area contributed by atoms with E-state index < -0.39 is 9.39 Å². The number of rotatable bonds is 7. The number of nitrogens with one attached hydrogen (secondary N) is 2. The molecule has 2 N–H and O–H groups in total. The fraction of sp³-hybridized carbons (Fsp3) is 0.107. The van der Waals surface area contributed by atoms with E-state index in [9.17, 15) is 4.39 Å². The molecule has 1 unspecified atom stereocenters. The second-order valence-corrected chi connectivity index (χ2v) is 14.6. The maximum Gasteiger partial charge on any atom is 0.159 e. The van der Waals surface area contributed by atoms with Crippen molar-refractivity contribution < 1.29 is 4.39 Å². The molecule has 0 radical (unpaired) electrons. The lowest BCUT2D eigenvalue weighted by atomic mass is 10.1. The van der Waals surface area contributed by atoms with Gasteiger partial charge >= 0.3 is 0 Å². The van der Waals surface area contributed by atoms with Gasteiger partial charge in [0, 0.05) is 41.6 Å². The molecule has 0 aliphatic heterocycles. The van der Waals surface area contributed by atoms with Gasteiger partial charge < -0.3 is 4.98 Å². The highest BCUT2D eigenvalue weighted by Gasteiger charge is 2.20. The van der Waals surface area contributed by atoms with Crippen LogP contribution < -0.4 is 4.72 Å². The SMILES string of the molecule is C=S(=C)(C)NCc1cc(F)cc(-c2nccc3[nH]c(-c4nn(PI)c5cnc(-c6cnccc6C)cc45)nc23)c1. The van der Waals surface area contributed by atoms with E-state index in [1.165, 1.54) is 12.1 Å². The maximum atomic E-state index is 14.7. The van der Waals surface area contributed by atoms with Gasteiger partial charge in [0.25, 0.3) is 0 Å².